The summed E-state index contributed by atoms with van der Waals surface area (Å²) in [6.45, 7) is 0. The standard InChI is InChI=1S/C8H12N2O3/c9-10-6(11)8(7(12)13)4-2-1-3-5-8/h2,4H,1,3,5,9H2,(H,10,11)(H,12,13). The van der Waals surface area contributed by atoms with Crippen LogP contribution in [0.25, 0.3) is 0 Å². The summed E-state index contributed by atoms with van der Waals surface area (Å²) in [4.78, 5) is 22.2. The molecule has 13 heavy (non-hydrogen) atoms. The van der Waals surface area contributed by atoms with Gasteiger partial charge in [0.15, 0.2) is 5.41 Å². The maximum Gasteiger partial charge on any atom is 0.323 e. The van der Waals surface area contributed by atoms with Crippen molar-refractivity contribution < 1.29 is 14.7 Å². The Bertz CT molecular complexity index is 262. The van der Waals surface area contributed by atoms with E-state index in [2.05, 4.69) is 0 Å². The van der Waals surface area contributed by atoms with Crippen LogP contribution in [0, 0.1) is 5.41 Å². The molecule has 1 aliphatic carbocycles. The first-order valence-corrected chi connectivity index (χ1v) is 4.05. The van der Waals surface area contributed by atoms with Gasteiger partial charge in [0.2, 0.25) is 0 Å². The van der Waals surface area contributed by atoms with Crippen molar-refractivity contribution in [2.24, 2.45) is 11.3 Å². The Labute approximate surface area is 75.6 Å². The Hall–Kier alpha value is -1.36. The molecule has 5 heteroatoms. The predicted molar refractivity (Wildman–Crippen MR) is 45.4 cm³/mol. The van der Waals surface area contributed by atoms with Crippen LogP contribution in [0.3, 0.4) is 0 Å². The summed E-state index contributed by atoms with van der Waals surface area (Å²) in [6, 6.07) is 0. The fourth-order valence-electron chi connectivity index (χ4n) is 1.46. The third-order valence-corrected chi connectivity index (χ3v) is 2.26. The first kappa shape index (κ1) is 9.73. The second-order valence-corrected chi connectivity index (χ2v) is 3.04. The van der Waals surface area contributed by atoms with Gasteiger partial charge in [-0.15, -0.1) is 0 Å². The van der Waals surface area contributed by atoms with Gasteiger partial charge in [-0.2, -0.15) is 0 Å². The van der Waals surface area contributed by atoms with Gasteiger partial charge >= 0.3 is 5.97 Å². The van der Waals surface area contributed by atoms with E-state index in [0.29, 0.717) is 12.8 Å². The van der Waals surface area contributed by atoms with Crippen molar-refractivity contribution in [1.82, 2.24) is 5.43 Å². The maximum atomic E-state index is 11.3. The minimum Gasteiger partial charge on any atom is -0.480 e. The minimum absolute atomic E-state index is 0.307. The van der Waals surface area contributed by atoms with E-state index >= 15 is 0 Å². The van der Waals surface area contributed by atoms with E-state index in [-0.39, 0.29) is 0 Å². The molecule has 0 bridgehead atoms. The van der Waals surface area contributed by atoms with Crippen LogP contribution in [0.1, 0.15) is 19.3 Å². The largest absolute Gasteiger partial charge is 0.480 e. The number of carbonyl (C=O) groups is 2. The Morgan fingerprint density at radius 1 is 1.54 bits per heavy atom. The van der Waals surface area contributed by atoms with Crippen LogP contribution in [-0.2, 0) is 9.59 Å². The number of nitrogens with one attached hydrogen (secondary N) is 1. The number of nitrogens with two attached hydrogens (primary N) is 1. The smallest absolute Gasteiger partial charge is 0.323 e. The highest BCUT2D eigenvalue weighted by molar-refractivity contribution is 6.03. The summed E-state index contributed by atoms with van der Waals surface area (Å²) in [7, 11) is 0. The Morgan fingerprint density at radius 3 is 2.62 bits per heavy atom. The van der Waals surface area contributed by atoms with E-state index in [1.54, 1.807) is 6.08 Å². The SMILES string of the molecule is NNC(=O)C1(C(=O)O)C=CCCC1. The molecular formula is C8H12N2O3. The summed E-state index contributed by atoms with van der Waals surface area (Å²) in [5.41, 5.74) is 0.434. The van der Waals surface area contributed by atoms with Gasteiger partial charge in [-0.25, -0.2) is 5.84 Å². The van der Waals surface area contributed by atoms with Gasteiger partial charge < -0.3 is 5.11 Å². The van der Waals surface area contributed by atoms with Crippen molar-refractivity contribution >= 4 is 11.9 Å². The molecule has 1 rings (SSSR count). The van der Waals surface area contributed by atoms with Crippen molar-refractivity contribution in [2.75, 3.05) is 0 Å². The van der Waals surface area contributed by atoms with Crippen LogP contribution >= 0.6 is 0 Å². The fraction of sp³-hybridized carbons (Fsp3) is 0.500. The van der Waals surface area contributed by atoms with Crippen molar-refractivity contribution in [3.63, 3.8) is 0 Å². The molecule has 0 heterocycles. The van der Waals surface area contributed by atoms with Crippen LogP contribution < -0.4 is 11.3 Å². The van der Waals surface area contributed by atoms with Crippen LogP contribution in [0.5, 0.6) is 0 Å². The summed E-state index contributed by atoms with van der Waals surface area (Å²) < 4.78 is 0. The lowest BCUT2D eigenvalue weighted by Crippen LogP contribution is -2.48. The second-order valence-electron chi connectivity index (χ2n) is 3.04. The van der Waals surface area contributed by atoms with Crippen molar-refractivity contribution in [1.29, 1.82) is 0 Å². The maximum absolute atomic E-state index is 11.3. The molecule has 1 unspecified atom stereocenters. The molecule has 1 atom stereocenters. The minimum atomic E-state index is -1.45. The molecular weight excluding hydrogens is 172 g/mol. The monoisotopic (exact) mass is 184 g/mol. The van der Waals surface area contributed by atoms with Gasteiger partial charge in [0, 0.05) is 0 Å². The third kappa shape index (κ3) is 1.55. The van der Waals surface area contributed by atoms with E-state index in [0.717, 1.165) is 6.42 Å². The summed E-state index contributed by atoms with van der Waals surface area (Å²) in [5.74, 6) is 3.13. The molecule has 4 N–H and O–H groups in total. The molecule has 5 nitrogen and oxygen atoms in total. The molecule has 0 aliphatic heterocycles. The number of allylic oxidation sites excluding steroid dienone is 1. The number of carboxylic acid groups (broad SMARTS) is 1. The van der Waals surface area contributed by atoms with Gasteiger partial charge in [-0.1, -0.05) is 12.2 Å². The fourth-order valence-corrected chi connectivity index (χ4v) is 1.46. The van der Waals surface area contributed by atoms with Crippen LogP contribution in [0.2, 0.25) is 0 Å². The molecule has 0 aromatic rings. The molecule has 0 aromatic heterocycles. The Morgan fingerprint density at radius 2 is 2.23 bits per heavy atom. The molecule has 0 saturated carbocycles. The highest BCUT2D eigenvalue weighted by Crippen LogP contribution is 2.31. The number of carboxylic acids is 1. The normalized spacial score (nSPS) is 26.8. The van der Waals surface area contributed by atoms with Crippen molar-refractivity contribution in [2.45, 2.75) is 19.3 Å². The molecule has 0 radical (unpaired) electrons. The van der Waals surface area contributed by atoms with Crippen LogP contribution in [-0.4, -0.2) is 17.0 Å². The zero-order chi connectivity index (χ0) is 9.90. The first-order chi connectivity index (χ1) is 6.13. The number of hydrazine groups is 1. The topological polar surface area (TPSA) is 92.4 Å². The van der Waals surface area contributed by atoms with Crippen LogP contribution in [0.15, 0.2) is 12.2 Å². The Balaban J connectivity index is 2.99. The molecule has 0 spiro atoms. The third-order valence-electron chi connectivity index (χ3n) is 2.26. The first-order valence-electron chi connectivity index (χ1n) is 4.05. The lowest BCUT2D eigenvalue weighted by Gasteiger charge is -2.26. The van der Waals surface area contributed by atoms with E-state index in [9.17, 15) is 9.59 Å². The van der Waals surface area contributed by atoms with E-state index < -0.39 is 17.3 Å². The number of aliphatic carboxylic acids is 1. The Kier molecular flexibility index (Phi) is 2.67. The predicted octanol–water partition coefficient (Wildman–Crippen LogP) is -0.213. The van der Waals surface area contributed by atoms with Crippen molar-refractivity contribution in [3.05, 3.63) is 12.2 Å². The molecule has 1 amide bonds. The molecule has 0 saturated heterocycles. The van der Waals surface area contributed by atoms with E-state index in [1.807, 2.05) is 5.43 Å². The lowest BCUT2D eigenvalue weighted by atomic mass is 9.78. The van der Waals surface area contributed by atoms with Gasteiger partial charge in [-0.3, -0.25) is 15.0 Å². The zero-order valence-corrected chi connectivity index (χ0v) is 7.12. The lowest BCUT2D eigenvalue weighted by molar-refractivity contribution is -0.153. The van der Waals surface area contributed by atoms with Crippen molar-refractivity contribution in [3.8, 4) is 0 Å². The van der Waals surface area contributed by atoms with Gasteiger partial charge in [0.1, 0.15) is 0 Å². The van der Waals surface area contributed by atoms with Gasteiger partial charge in [-0.05, 0) is 19.3 Å². The molecule has 1 aliphatic rings. The number of amides is 1. The molecule has 0 aromatic carbocycles. The number of hydrogen-bond acceptors (Lipinski definition) is 3. The van der Waals surface area contributed by atoms with E-state index in [4.69, 9.17) is 10.9 Å². The average Bonchev–Trinajstić information content (AvgIpc) is 2.17. The van der Waals surface area contributed by atoms with Gasteiger partial charge in [0.25, 0.3) is 5.91 Å². The average molecular weight is 184 g/mol. The summed E-state index contributed by atoms with van der Waals surface area (Å²) in [5, 5.41) is 8.92. The van der Waals surface area contributed by atoms with Gasteiger partial charge in [0.05, 0.1) is 0 Å². The molecule has 72 valence electrons. The van der Waals surface area contributed by atoms with E-state index in [1.165, 1.54) is 6.08 Å². The second kappa shape index (κ2) is 3.57. The number of rotatable bonds is 2. The molecule has 0 fully saturated rings. The van der Waals surface area contributed by atoms with Crippen LogP contribution in [0.4, 0.5) is 0 Å². The number of hydrogen-bond donors (Lipinski definition) is 3. The quantitative estimate of drug-likeness (QED) is 0.182. The zero-order valence-electron chi connectivity index (χ0n) is 7.12. The summed E-state index contributed by atoms with van der Waals surface area (Å²) in [6.07, 6.45) is 4.93. The highest BCUT2D eigenvalue weighted by Gasteiger charge is 2.43. The summed E-state index contributed by atoms with van der Waals surface area (Å²) >= 11 is 0. The number of carbonyl (C=O) groups excluding carboxylic acids is 1. The highest BCUT2D eigenvalue weighted by atomic mass is 16.4.